The molecule has 19 heavy (non-hydrogen) atoms. The minimum absolute atomic E-state index is 0.452. The van der Waals surface area contributed by atoms with Crippen molar-refractivity contribution in [2.24, 2.45) is 5.92 Å². The van der Waals surface area contributed by atoms with E-state index in [1.54, 1.807) is 0 Å². The molecule has 0 aromatic carbocycles. The zero-order valence-corrected chi connectivity index (χ0v) is 12.1. The van der Waals surface area contributed by atoms with Crippen molar-refractivity contribution < 1.29 is 0 Å². The van der Waals surface area contributed by atoms with Gasteiger partial charge in [0.15, 0.2) is 0 Å². The van der Waals surface area contributed by atoms with Crippen LogP contribution in [0.1, 0.15) is 25.2 Å². The first-order chi connectivity index (χ1) is 9.20. The van der Waals surface area contributed by atoms with Crippen molar-refractivity contribution in [1.82, 2.24) is 19.4 Å². The van der Waals surface area contributed by atoms with E-state index in [0.29, 0.717) is 17.8 Å². The minimum atomic E-state index is 0.452. The number of alkyl halides is 1. The number of piperidine rings is 1. The molecule has 0 aliphatic carbocycles. The second-order valence-corrected chi connectivity index (χ2v) is 5.76. The first-order valence-corrected chi connectivity index (χ1v) is 7.29. The van der Waals surface area contributed by atoms with E-state index >= 15 is 0 Å². The van der Waals surface area contributed by atoms with Crippen LogP contribution >= 0.6 is 11.6 Å². The molecule has 3 heterocycles. The molecular formula is C14H19ClN4. The van der Waals surface area contributed by atoms with Crippen molar-refractivity contribution in [2.75, 3.05) is 20.1 Å². The molecule has 4 nitrogen and oxygen atoms in total. The average Bonchev–Trinajstić information content (AvgIpc) is 2.77. The highest BCUT2D eigenvalue weighted by atomic mass is 35.5. The summed E-state index contributed by atoms with van der Waals surface area (Å²) in [7, 11) is 2.19. The van der Waals surface area contributed by atoms with Crippen LogP contribution < -0.4 is 0 Å². The van der Waals surface area contributed by atoms with Gasteiger partial charge in [0.25, 0.3) is 0 Å². The molecule has 1 fully saturated rings. The fraction of sp³-hybridized carbons (Fsp3) is 0.571. The van der Waals surface area contributed by atoms with Crippen LogP contribution in [0.4, 0.5) is 0 Å². The van der Waals surface area contributed by atoms with Crippen LogP contribution in [0.3, 0.4) is 0 Å². The summed E-state index contributed by atoms with van der Waals surface area (Å²) in [4.78, 5) is 11.2. The van der Waals surface area contributed by atoms with Gasteiger partial charge in [-0.3, -0.25) is 4.98 Å². The van der Waals surface area contributed by atoms with Crippen molar-refractivity contribution in [1.29, 1.82) is 0 Å². The van der Waals surface area contributed by atoms with Crippen LogP contribution in [0.5, 0.6) is 0 Å². The van der Waals surface area contributed by atoms with Gasteiger partial charge in [0, 0.05) is 18.8 Å². The van der Waals surface area contributed by atoms with Gasteiger partial charge in [0.1, 0.15) is 11.3 Å². The number of rotatable bonds is 2. The Hall–Kier alpha value is -1.13. The number of halogens is 1. The van der Waals surface area contributed by atoms with E-state index in [9.17, 15) is 0 Å². The molecule has 3 rings (SSSR count). The quantitative estimate of drug-likeness (QED) is 0.792. The molecule has 1 saturated heterocycles. The highest BCUT2D eigenvalue weighted by Gasteiger charge is 2.28. The number of fused-ring (bicyclic) bond motifs is 1. The maximum atomic E-state index is 6.08. The summed E-state index contributed by atoms with van der Waals surface area (Å²) < 4.78 is 2.34. The molecule has 2 aromatic rings. The van der Waals surface area contributed by atoms with Crippen LogP contribution in [0, 0.1) is 5.92 Å². The maximum absolute atomic E-state index is 6.08. The van der Waals surface area contributed by atoms with E-state index in [1.807, 2.05) is 18.5 Å². The largest absolute Gasteiger partial charge is 0.323 e. The van der Waals surface area contributed by atoms with Crippen molar-refractivity contribution >= 4 is 22.6 Å². The Morgan fingerprint density at radius 1 is 1.47 bits per heavy atom. The Morgan fingerprint density at radius 2 is 2.32 bits per heavy atom. The van der Waals surface area contributed by atoms with E-state index in [2.05, 4.69) is 33.4 Å². The number of hydrogen-bond acceptors (Lipinski definition) is 3. The zero-order chi connectivity index (χ0) is 13.4. The van der Waals surface area contributed by atoms with Gasteiger partial charge >= 0.3 is 0 Å². The van der Waals surface area contributed by atoms with Crippen molar-refractivity contribution in [2.45, 2.75) is 25.3 Å². The van der Waals surface area contributed by atoms with Crippen LogP contribution in [-0.4, -0.2) is 39.6 Å². The van der Waals surface area contributed by atoms with E-state index < -0.39 is 0 Å². The lowest BCUT2D eigenvalue weighted by Crippen LogP contribution is -2.38. The highest BCUT2D eigenvalue weighted by Crippen LogP contribution is 2.32. The second-order valence-electron chi connectivity index (χ2n) is 5.49. The Morgan fingerprint density at radius 3 is 3.05 bits per heavy atom. The lowest BCUT2D eigenvalue weighted by molar-refractivity contribution is 0.160. The van der Waals surface area contributed by atoms with Crippen LogP contribution in [0.2, 0.25) is 0 Å². The summed E-state index contributed by atoms with van der Waals surface area (Å²) in [5.74, 6) is 2.02. The van der Waals surface area contributed by atoms with Gasteiger partial charge in [0.05, 0.1) is 17.6 Å². The SMILES string of the molecule is CC1CN(C)CCC1n1c(CCl)nc2cnccc21. The fourth-order valence-electron chi connectivity index (χ4n) is 3.19. The van der Waals surface area contributed by atoms with Gasteiger partial charge in [-0.05, 0) is 32.0 Å². The summed E-state index contributed by atoms with van der Waals surface area (Å²) >= 11 is 6.08. The van der Waals surface area contributed by atoms with E-state index in [4.69, 9.17) is 11.6 Å². The van der Waals surface area contributed by atoms with Crippen LogP contribution in [0.15, 0.2) is 18.5 Å². The smallest absolute Gasteiger partial charge is 0.125 e. The Labute approximate surface area is 118 Å². The summed E-state index contributed by atoms with van der Waals surface area (Å²) in [6, 6.07) is 2.53. The molecule has 0 spiro atoms. The third-order valence-corrected chi connectivity index (χ3v) is 4.32. The first kappa shape index (κ1) is 12.9. The van der Waals surface area contributed by atoms with Crippen LogP contribution in [0.25, 0.3) is 11.0 Å². The molecule has 102 valence electrons. The molecular weight excluding hydrogens is 260 g/mol. The van der Waals surface area contributed by atoms with Crippen LogP contribution in [-0.2, 0) is 5.88 Å². The minimum Gasteiger partial charge on any atom is -0.323 e. The third kappa shape index (κ3) is 2.23. The first-order valence-electron chi connectivity index (χ1n) is 6.76. The third-order valence-electron chi connectivity index (χ3n) is 4.08. The van der Waals surface area contributed by atoms with Gasteiger partial charge in [0.2, 0.25) is 0 Å². The maximum Gasteiger partial charge on any atom is 0.125 e. The lowest BCUT2D eigenvalue weighted by Gasteiger charge is -2.36. The van der Waals surface area contributed by atoms with Gasteiger partial charge in [-0.25, -0.2) is 4.98 Å². The number of imidazole rings is 1. The van der Waals surface area contributed by atoms with Gasteiger partial charge < -0.3 is 9.47 Å². The predicted octanol–water partition coefficient (Wildman–Crippen LogP) is 2.68. The Balaban J connectivity index is 2.08. The average molecular weight is 279 g/mol. The van der Waals surface area contributed by atoms with Gasteiger partial charge in [-0.2, -0.15) is 0 Å². The molecule has 0 bridgehead atoms. The van der Waals surface area contributed by atoms with E-state index in [1.165, 1.54) is 0 Å². The van der Waals surface area contributed by atoms with Crippen molar-refractivity contribution in [3.63, 3.8) is 0 Å². The summed E-state index contributed by atoms with van der Waals surface area (Å²) in [5.41, 5.74) is 2.11. The molecule has 0 saturated carbocycles. The Kier molecular flexibility index (Phi) is 3.46. The normalized spacial score (nSPS) is 25.0. The number of likely N-dealkylation sites (tertiary alicyclic amines) is 1. The molecule has 5 heteroatoms. The Bertz CT molecular complexity index is 580. The fourth-order valence-corrected chi connectivity index (χ4v) is 3.38. The van der Waals surface area contributed by atoms with Gasteiger partial charge in [-0.1, -0.05) is 6.92 Å². The lowest BCUT2D eigenvalue weighted by atomic mass is 9.93. The second kappa shape index (κ2) is 5.10. The molecule has 1 aliphatic rings. The molecule has 0 N–H and O–H groups in total. The monoisotopic (exact) mass is 278 g/mol. The summed E-state index contributed by atoms with van der Waals surface area (Å²) in [6.07, 6.45) is 4.80. The van der Waals surface area contributed by atoms with Gasteiger partial charge in [-0.15, -0.1) is 11.6 Å². The number of hydrogen-bond donors (Lipinski definition) is 0. The standard InChI is InChI=1S/C14H19ClN4/c1-10-9-18(2)6-4-12(10)19-13-3-5-16-8-11(13)17-14(19)7-15/h3,5,8,10,12H,4,6-7,9H2,1-2H3. The number of pyridine rings is 1. The number of aromatic nitrogens is 3. The van der Waals surface area contributed by atoms with Crippen molar-refractivity contribution in [3.05, 3.63) is 24.3 Å². The molecule has 2 aromatic heterocycles. The molecule has 2 atom stereocenters. The molecule has 1 aliphatic heterocycles. The predicted molar refractivity (Wildman–Crippen MR) is 77.4 cm³/mol. The highest BCUT2D eigenvalue weighted by molar-refractivity contribution is 6.16. The van der Waals surface area contributed by atoms with E-state index in [-0.39, 0.29) is 0 Å². The summed E-state index contributed by atoms with van der Waals surface area (Å²) in [5, 5.41) is 0. The van der Waals surface area contributed by atoms with Crippen molar-refractivity contribution in [3.8, 4) is 0 Å². The topological polar surface area (TPSA) is 34.0 Å². The number of nitrogens with zero attached hydrogens (tertiary/aromatic N) is 4. The molecule has 0 amide bonds. The molecule has 0 radical (unpaired) electrons. The molecule has 2 unspecified atom stereocenters. The van der Waals surface area contributed by atoms with E-state index in [0.717, 1.165) is 36.4 Å². The summed E-state index contributed by atoms with van der Waals surface area (Å²) in [6.45, 7) is 4.56. The zero-order valence-electron chi connectivity index (χ0n) is 11.4.